The van der Waals surface area contributed by atoms with Gasteiger partial charge in [-0.05, 0) is 6.42 Å². The molecule has 0 saturated carbocycles. The van der Waals surface area contributed by atoms with Gasteiger partial charge in [-0.3, -0.25) is 4.99 Å². The van der Waals surface area contributed by atoms with Crippen molar-refractivity contribution in [1.29, 1.82) is 0 Å². The van der Waals surface area contributed by atoms with E-state index in [4.69, 9.17) is 9.47 Å². The van der Waals surface area contributed by atoms with Gasteiger partial charge in [-0.25, -0.2) is 4.79 Å². The number of nitrogens with zero attached hydrogens (tertiary/aromatic N) is 1. The lowest BCUT2D eigenvalue weighted by Crippen LogP contribution is -2.32. The lowest BCUT2D eigenvalue weighted by atomic mass is 10.0. The first-order valence-electron chi connectivity index (χ1n) is 9.04. The fourth-order valence-corrected chi connectivity index (χ4v) is 2.92. The average Bonchev–Trinajstić information content (AvgIpc) is 3.00. The maximum atomic E-state index is 11.5. The van der Waals surface area contributed by atoms with Crippen LogP contribution in [0.5, 0.6) is 0 Å². The predicted molar refractivity (Wildman–Crippen MR) is 90.2 cm³/mol. The van der Waals surface area contributed by atoms with Crippen LogP contribution in [0, 0.1) is 0 Å². The molecule has 1 heterocycles. The summed E-state index contributed by atoms with van der Waals surface area (Å²) in [5, 5.41) is 0. The van der Waals surface area contributed by atoms with Crippen LogP contribution in [0.25, 0.3) is 0 Å². The van der Waals surface area contributed by atoms with Crippen molar-refractivity contribution < 1.29 is 14.3 Å². The van der Waals surface area contributed by atoms with Gasteiger partial charge in [0.05, 0.1) is 7.11 Å². The molecule has 0 aliphatic carbocycles. The monoisotopic (exact) mass is 311 g/mol. The van der Waals surface area contributed by atoms with Crippen LogP contribution >= 0.6 is 0 Å². The van der Waals surface area contributed by atoms with Crippen LogP contribution in [0.1, 0.15) is 84.0 Å². The Morgan fingerprint density at radius 1 is 1.00 bits per heavy atom. The molecular weight excluding hydrogens is 278 g/mol. The molecule has 1 rings (SSSR count). The van der Waals surface area contributed by atoms with Gasteiger partial charge in [0.2, 0.25) is 6.10 Å². The predicted octanol–water partition coefficient (Wildman–Crippen LogP) is 4.66. The third-order valence-electron chi connectivity index (χ3n) is 4.35. The molecule has 0 aromatic carbocycles. The summed E-state index contributed by atoms with van der Waals surface area (Å²) in [5.41, 5.74) is 0. The highest BCUT2D eigenvalue weighted by atomic mass is 16.6. The standard InChI is InChI=1S/C18H33NO3/c1-3-4-5-6-7-8-9-10-11-12-13-14-16-17(18(20)21-2)22-15-19-16/h15-17H,3-14H2,1-2H3/t16-,17-/m0/s1. The number of carbonyl (C=O) groups excluding carboxylic acids is 1. The number of aliphatic imine (C=N–C) groups is 1. The number of methoxy groups -OCH3 is 1. The van der Waals surface area contributed by atoms with Crippen LogP contribution in [0.15, 0.2) is 4.99 Å². The highest BCUT2D eigenvalue weighted by Crippen LogP contribution is 2.19. The number of carbonyl (C=O) groups is 1. The van der Waals surface area contributed by atoms with Crippen molar-refractivity contribution in [2.75, 3.05) is 7.11 Å². The fourth-order valence-electron chi connectivity index (χ4n) is 2.92. The summed E-state index contributed by atoms with van der Waals surface area (Å²) in [6, 6.07) is -0.0500. The molecule has 4 nitrogen and oxygen atoms in total. The third-order valence-corrected chi connectivity index (χ3v) is 4.35. The van der Waals surface area contributed by atoms with Gasteiger partial charge >= 0.3 is 5.97 Å². The molecule has 128 valence electrons. The zero-order chi connectivity index (χ0) is 16.0. The van der Waals surface area contributed by atoms with Crippen molar-refractivity contribution in [3.63, 3.8) is 0 Å². The summed E-state index contributed by atoms with van der Waals surface area (Å²) in [6.45, 7) is 2.26. The molecule has 4 heteroatoms. The van der Waals surface area contributed by atoms with Crippen LogP contribution in [-0.4, -0.2) is 31.6 Å². The smallest absolute Gasteiger partial charge is 0.349 e. The summed E-state index contributed by atoms with van der Waals surface area (Å²) in [5.74, 6) is -0.314. The van der Waals surface area contributed by atoms with E-state index in [1.807, 2.05) is 0 Å². The van der Waals surface area contributed by atoms with Crippen LogP contribution in [0.3, 0.4) is 0 Å². The molecule has 0 bridgehead atoms. The first kappa shape index (κ1) is 19.0. The van der Waals surface area contributed by atoms with E-state index >= 15 is 0 Å². The zero-order valence-electron chi connectivity index (χ0n) is 14.4. The van der Waals surface area contributed by atoms with E-state index in [1.54, 1.807) is 0 Å². The molecule has 0 saturated heterocycles. The van der Waals surface area contributed by atoms with Gasteiger partial charge in [-0.15, -0.1) is 0 Å². The maximum Gasteiger partial charge on any atom is 0.349 e. The van der Waals surface area contributed by atoms with Gasteiger partial charge in [0.1, 0.15) is 6.04 Å². The van der Waals surface area contributed by atoms with Crippen molar-refractivity contribution in [2.24, 2.45) is 4.99 Å². The Balaban J connectivity index is 1.91. The highest BCUT2D eigenvalue weighted by molar-refractivity contribution is 5.78. The topological polar surface area (TPSA) is 47.9 Å². The molecule has 0 unspecified atom stereocenters. The van der Waals surface area contributed by atoms with Crippen molar-refractivity contribution in [3.05, 3.63) is 0 Å². The number of hydrogen-bond acceptors (Lipinski definition) is 4. The Morgan fingerprint density at radius 2 is 1.55 bits per heavy atom. The molecule has 22 heavy (non-hydrogen) atoms. The molecule has 0 aromatic heterocycles. The normalized spacial score (nSPS) is 20.1. The second kappa shape index (κ2) is 12.5. The molecule has 0 spiro atoms. The van der Waals surface area contributed by atoms with Crippen molar-refractivity contribution in [3.8, 4) is 0 Å². The number of hydrogen-bond donors (Lipinski definition) is 0. The molecule has 0 aromatic rings. The van der Waals surface area contributed by atoms with Crippen LogP contribution in [0.4, 0.5) is 0 Å². The number of rotatable bonds is 13. The van der Waals surface area contributed by atoms with Gasteiger partial charge in [0.15, 0.2) is 6.40 Å². The van der Waals surface area contributed by atoms with E-state index in [1.165, 1.54) is 77.7 Å². The first-order chi connectivity index (χ1) is 10.8. The van der Waals surface area contributed by atoms with Crippen LogP contribution in [0.2, 0.25) is 0 Å². The molecule has 0 fully saturated rings. The minimum absolute atomic E-state index is 0.0500. The minimum Gasteiger partial charge on any atom is -0.466 e. The quantitative estimate of drug-likeness (QED) is 0.367. The van der Waals surface area contributed by atoms with Gasteiger partial charge in [0, 0.05) is 0 Å². The summed E-state index contributed by atoms with van der Waals surface area (Å²) < 4.78 is 9.93. The van der Waals surface area contributed by atoms with Gasteiger partial charge < -0.3 is 9.47 Å². The van der Waals surface area contributed by atoms with Crippen molar-refractivity contribution in [2.45, 2.75) is 96.1 Å². The van der Waals surface area contributed by atoms with Gasteiger partial charge in [-0.2, -0.15) is 0 Å². The number of esters is 1. The minimum atomic E-state index is -0.520. The van der Waals surface area contributed by atoms with E-state index in [2.05, 4.69) is 11.9 Å². The molecular formula is C18H33NO3. The molecule has 0 amide bonds. The summed E-state index contributed by atoms with van der Waals surface area (Å²) >= 11 is 0. The van der Waals surface area contributed by atoms with E-state index in [0.29, 0.717) is 0 Å². The number of ether oxygens (including phenoxy) is 2. The van der Waals surface area contributed by atoms with Crippen LogP contribution in [-0.2, 0) is 14.3 Å². The highest BCUT2D eigenvalue weighted by Gasteiger charge is 2.33. The molecule has 1 aliphatic rings. The van der Waals surface area contributed by atoms with Gasteiger partial charge in [-0.1, -0.05) is 77.6 Å². The van der Waals surface area contributed by atoms with Crippen LogP contribution < -0.4 is 0 Å². The Bertz CT molecular complexity index is 317. The number of unbranched alkanes of at least 4 members (excludes halogenated alkanes) is 10. The largest absolute Gasteiger partial charge is 0.466 e. The average molecular weight is 311 g/mol. The lowest BCUT2D eigenvalue weighted by molar-refractivity contribution is -0.149. The second-order valence-electron chi connectivity index (χ2n) is 6.23. The van der Waals surface area contributed by atoms with E-state index in [-0.39, 0.29) is 12.0 Å². The first-order valence-corrected chi connectivity index (χ1v) is 9.04. The molecule has 2 atom stereocenters. The van der Waals surface area contributed by atoms with Gasteiger partial charge in [0.25, 0.3) is 0 Å². The second-order valence-corrected chi connectivity index (χ2v) is 6.23. The van der Waals surface area contributed by atoms with E-state index in [9.17, 15) is 4.79 Å². The molecule has 1 aliphatic heterocycles. The lowest BCUT2D eigenvalue weighted by Gasteiger charge is -2.14. The Kier molecular flexibility index (Phi) is 10.8. The summed E-state index contributed by atoms with van der Waals surface area (Å²) in [6.07, 6.45) is 16.4. The SMILES string of the molecule is CCCCCCCCCCCCC[C@@H]1N=CO[C@@H]1C(=O)OC. The van der Waals surface area contributed by atoms with Crippen molar-refractivity contribution >= 4 is 12.4 Å². The Hall–Kier alpha value is -1.06. The fraction of sp³-hybridized carbons (Fsp3) is 0.889. The van der Waals surface area contributed by atoms with E-state index in [0.717, 1.165) is 12.8 Å². The third kappa shape index (κ3) is 7.81. The Morgan fingerprint density at radius 3 is 2.09 bits per heavy atom. The Labute approximate surface area is 135 Å². The molecule has 0 radical (unpaired) electrons. The summed E-state index contributed by atoms with van der Waals surface area (Å²) in [7, 11) is 1.39. The maximum absolute atomic E-state index is 11.5. The summed E-state index contributed by atoms with van der Waals surface area (Å²) in [4.78, 5) is 15.7. The van der Waals surface area contributed by atoms with E-state index < -0.39 is 6.10 Å². The van der Waals surface area contributed by atoms with Crippen molar-refractivity contribution in [1.82, 2.24) is 0 Å². The molecule has 0 N–H and O–H groups in total. The zero-order valence-corrected chi connectivity index (χ0v) is 14.4.